The van der Waals surface area contributed by atoms with Gasteiger partial charge in [0.05, 0.1) is 132 Å². The minimum Gasteiger partial charge on any atom is -0.379 e. The number of hydrogen-bond acceptors (Lipinski definition) is 11. The first-order chi connectivity index (χ1) is 31.4. The summed E-state index contributed by atoms with van der Waals surface area (Å²) in [5.41, 5.74) is 0. The highest BCUT2D eigenvalue weighted by atomic mass is 16.6. The zero-order valence-corrected chi connectivity index (χ0v) is 41.8. The van der Waals surface area contributed by atoms with Crippen LogP contribution in [0.15, 0.2) is 0 Å². The summed E-state index contributed by atoms with van der Waals surface area (Å²) < 4.78 is 61.4. The number of ether oxygens (including phenoxy) is 11. The lowest BCUT2D eigenvalue weighted by Gasteiger charge is -2.09. The Bertz CT molecular complexity index is 706. The Morgan fingerprint density at radius 3 is 0.381 bits per heavy atom. The second kappa shape index (κ2) is 61.6. The third-order valence-corrected chi connectivity index (χ3v) is 11.0. The van der Waals surface area contributed by atoms with Gasteiger partial charge >= 0.3 is 0 Å². The summed E-state index contributed by atoms with van der Waals surface area (Å²) >= 11 is 0. The molecule has 380 valence electrons. The molecule has 0 heterocycles. The van der Waals surface area contributed by atoms with Crippen molar-refractivity contribution < 1.29 is 52.1 Å². The first-order valence-electron chi connectivity index (χ1n) is 26.8. The molecule has 0 saturated carbocycles. The third kappa shape index (κ3) is 61.6. The highest BCUT2D eigenvalue weighted by Crippen LogP contribution is 2.14. The Labute approximate surface area is 390 Å². The van der Waals surface area contributed by atoms with E-state index in [-0.39, 0.29) is 0 Å². The average Bonchev–Trinajstić information content (AvgIpc) is 3.29. The van der Waals surface area contributed by atoms with Crippen LogP contribution >= 0.6 is 0 Å². The Morgan fingerprint density at radius 2 is 0.238 bits per heavy atom. The van der Waals surface area contributed by atoms with Crippen molar-refractivity contribution in [3.05, 3.63) is 0 Å². The van der Waals surface area contributed by atoms with Crippen molar-refractivity contribution in [3.8, 4) is 0 Å². The first-order valence-corrected chi connectivity index (χ1v) is 26.8. The maximum atomic E-state index is 5.70. The van der Waals surface area contributed by atoms with Crippen molar-refractivity contribution in [3.63, 3.8) is 0 Å². The SMILES string of the molecule is CCCCCCCCCCCCCCCCOCCOCCOCCOCCOCCOCCOCCOCCOCCOCCOCCCCCCCCCCCCCCCC. The largest absolute Gasteiger partial charge is 0.379 e. The number of hydrogen-bond donors (Lipinski definition) is 0. The van der Waals surface area contributed by atoms with Crippen molar-refractivity contribution in [2.45, 2.75) is 194 Å². The third-order valence-electron chi connectivity index (χ3n) is 11.0. The van der Waals surface area contributed by atoms with Gasteiger partial charge in [-0.1, -0.05) is 181 Å². The molecular weight excluding hydrogens is 801 g/mol. The van der Waals surface area contributed by atoms with Gasteiger partial charge in [0, 0.05) is 13.2 Å². The lowest BCUT2D eigenvalue weighted by molar-refractivity contribution is -0.0275. The molecule has 0 fully saturated rings. The van der Waals surface area contributed by atoms with Gasteiger partial charge in [0.25, 0.3) is 0 Å². The molecule has 0 unspecified atom stereocenters. The van der Waals surface area contributed by atoms with E-state index in [1.54, 1.807) is 0 Å². The van der Waals surface area contributed by atoms with Crippen LogP contribution in [0.4, 0.5) is 0 Å². The predicted octanol–water partition coefficient (Wildman–Crippen LogP) is 12.1. The molecule has 0 rings (SSSR count). The molecule has 0 radical (unpaired) electrons. The predicted molar refractivity (Wildman–Crippen MR) is 260 cm³/mol. The van der Waals surface area contributed by atoms with Gasteiger partial charge in [0.2, 0.25) is 0 Å². The van der Waals surface area contributed by atoms with E-state index in [0.717, 1.165) is 26.1 Å². The molecule has 0 atom stereocenters. The summed E-state index contributed by atoms with van der Waals surface area (Å²) in [6, 6.07) is 0. The topological polar surface area (TPSA) is 102 Å². The maximum absolute atomic E-state index is 5.70. The Balaban J connectivity index is 3.06. The molecule has 0 aromatic carbocycles. The van der Waals surface area contributed by atoms with Crippen molar-refractivity contribution in [2.75, 3.05) is 145 Å². The van der Waals surface area contributed by atoms with Gasteiger partial charge in [-0.05, 0) is 12.8 Å². The summed E-state index contributed by atoms with van der Waals surface area (Å²) in [5.74, 6) is 0. The molecule has 11 heteroatoms. The minimum absolute atomic E-state index is 0.529. The standard InChI is InChI=1S/C52H106O11/c1-3-5-7-9-11-13-15-17-19-21-23-25-27-29-31-53-33-35-55-37-39-57-41-43-59-45-47-61-49-51-63-52-50-62-48-46-60-44-42-58-40-38-56-36-34-54-32-30-28-26-24-22-20-18-16-14-12-10-8-6-4-2/h3-52H2,1-2H3. The number of rotatable bonds is 60. The lowest BCUT2D eigenvalue weighted by atomic mass is 10.0. The smallest absolute Gasteiger partial charge is 0.0701 e. The van der Waals surface area contributed by atoms with Gasteiger partial charge in [-0.3, -0.25) is 0 Å². The summed E-state index contributed by atoms with van der Waals surface area (Å²) in [4.78, 5) is 0. The zero-order valence-electron chi connectivity index (χ0n) is 41.8. The highest BCUT2D eigenvalue weighted by Gasteiger charge is 1.99. The second-order valence-corrected chi connectivity index (χ2v) is 16.9. The summed E-state index contributed by atoms with van der Waals surface area (Å²) in [5, 5.41) is 0. The molecule has 0 aliphatic rings. The highest BCUT2D eigenvalue weighted by molar-refractivity contribution is 4.51. The Hall–Kier alpha value is -0.440. The number of unbranched alkanes of at least 4 members (excludes halogenated alkanes) is 26. The first kappa shape index (κ1) is 62.6. The van der Waals surface area contributed by atoms with E-state index in [9.17, 15) is 0 Å². The summed E-state index contributed by atoms with van der Waals surface area (Å²) in [7, 11) is 0. The van der Waals surface area contributed by atoms with Gasteiger partial charge in [0.15, 0.2) is 0 Å². The van der Waals surface area contributed by atoms with Crippen LogP contribution in [0.25, 0.3) is 0 Å². The fourth-order valence-electron chi connectivity index (χ4n) is 7.10. The van der Waals surface area contributed by atoms with Crippen LogP contribution < -0.4 is 0 Å². The molecule has 0 aliphatic heterocycles. The Morgan fingerprint density at radius 1 is 0.127 bits per heavy atom. The normalized spacial score (nSPS) is 11.7. The van der Waals surface area contributed by atoms with Crippen molar-refractivity contribution >= 4 is 0 Å². The van der Waals surface area contributed by atoms with Gasteiger partial charge in [-0.25, -0.2) is 0 Å². The van der Waals surface area contributed by atoms with Gasteiger partial charge in [-0.15, -0.1) is 0 Å². The summed E-state index contributed by atoms with van der Waals surface area (Å²) in [6.07, 6.45) is 38.6. The molecule has 0 N–H and O–H groups in total. The summed E-state index contributed by atoms with van der Waals surface area (Å²) in [6.45, 7) is 17.5. The molecule has 63 heavy (non-hydrogen) atoms. The molecule has 0 amide bonds. The van der Waals surface area contributed by atoms with Crippen LogP contribution in [-0.4, -0.2) is 145 Å². The van der Waals surface area contributed by atoms with E-state index in [1.165, 1.54) is 167 Å². The van der Waals surface area contributed by atoms with E-state index in [0.29, 0.717) is 132 Å². The molecule has 0 aromatic heterocycles. The fraction of sp³-hybridized carbons (Fsp3) is 1.00. The molecular formula is C52H106O11. The van der Waals surface area contributed by atoms with Crippen LogP contribution in [0, 0.1) is 0 Å². The van der Waals surface area contributed by atoms with Crippen molar-refractivity contribution in [2.24, 2.45) is 0 Å². The van der Waals surface area contributed by atoms with Crippen molar-refractivity contribution in [1.29, 1.82) is 0 Å². The van der Waals surface area contributed by atoms with Gasteiger partial charge in [-0.2, -0.15) is 0 Å². The quantitative estimate of drug-likeness (QED) is 0.0545. The van der Waals surface area contributed by atoms with Crippen molar-refractivity contribution in [1.82, 2.24) is 0 Å². The molecule has 11 nitrogen and oxygen atoms in total. The lowest BCUT2D eigenvalue weighted by Crippen LogP contribution is -2.15. The van der Waals surface area contributed by atoms with Crippen LogP contribution in [0.2, 0.25) is 0 Å². The van der Waals surface area contributed by atoms with Crippen LogP contribution in [-0.2, 0) is 52.1 Å². The molecule has 0 aliphatic carbocycles. The zero-order chi connectivity index (χ0) is 45.1. The van der Waals surface area contributed by atoms with E-state index >= 15 is 0 Å². The van der Waals surface area contributed by atoms with Gasteiger partial charge in [0.1, 0.15) is 0 Å². The van der Waals surface area contributed by atoms with Crippen LogP contribution in [0.5, 0.6) is 0 Å². The van der Waals surface area contributed by atoms with E-state index in [1.807, 2.05) is 0 Å². The van der Waals surface area contributed by atoms with E-state index in [2.05, 4.69) is 13.8 Å². The van der Waals surface area contributed by atoms with Crippen LogP contribution in [0.1, 0.15) is 194 Å². The fourth-order valence-corrected chi connectivity index (χ4v) is 7.10. The van der Waals surface area contributed by atoms with E-state index < -0.39 is 0 Å². The average molecular weight is 907 g/mol. The Kier molecular flexibility index (Phi) is 61.1. The van der Waals surface area contributed by atoms with Crippen LogP contribution in [0.3, 0.4) is 0 Å². The molecule has 0 saturated heterocycles. The monoisotopic (exact) mass is 907 g/mol. The molecule has 0 bridgehead atoms. The molecule has 0 spiro atoms. The maximum Gasteiger partial charge on any atom is 0.0701 e. The minimum atomic E-state index is 0.529. The second-order valence-electron chi connectivity index (χ2n) is 16.9. The van der Waals surface area contributed by atoms with Gasteiger partial charge < -0.3 is 52.1 Å². The van der Waals surface area contributed by atoms with E-state index in [4.69, 9.17) is 52.1 Å². The molecule has 0 aromatic rings.